The molecule has 0 aromatic heterocycles. The third-order valence-electron chi connectivity index (χ3n) is 7.94. The van der Waals surface area contributed by atoms with Gasteiger partial charge in [-0.1, -0.05) is 12.8 Å². The van der Waals surface area contributed by atoms with Crippen LogP contribution in [0.2, 0.25) is 0 Å². The van der Waals surface area contributed by atoms with E-state index in [0.717, 1.165) is 68.6 Å². The largest absolute Gasteiger partial charge is 0.337 e. The van der Waals surface area contributed by atoms with Crippen LogP contribution in [-0.2, 0) is 22.6 Å². The van der Waals surface area contributed by atoms with Gasteiger partial charge in [0.15, 0.2) is 5.78 Å². The van der Waals surface area contributed by atoms with Crippen molar-refractivity contribution in [2.24, 2.45) is 5.92 Å². The molecule has 1 aromatic carbocycles. The van der Waals surface area contributed by atoms with Gasteiger partial charge in [0.25, 0.3) is 0 Å². The molecule has 176 valence electrons. The van der Waals surface area contributed by atoms with Crippen molar-refractivity contribution < 1.29 is 14.0 Å². The summed E-state index contributed by atoms with van der Waals surface area (Å²) in [4.78, 5) is 32.2. The number of likely N-dealkylation sites (tertiary alicyclic amines) is 1. The number of rotatable bonds is 6. The molecule has 2 aliphatic heterocycles. The fraction of sp³-hybridized carbons (Fsp3) is 0.692. The number of halogens is 1. The second-order valence-electron chi connectivity index (χ2n) is 10.2. The molecule has 3 fully saturated rings. The monoisotopic (exact) mass is 443 g/mol. The molecule has 1 aromatic rings. The Balaban J connectivity index is 1.40. The second-order valence-corrected chi connectivity index (χ2v) is 10.2. The first-order chi connectivity index (χ1) is 15.3. The molecule has 1 saturated carbocycles. The summed E-state index contributed by atoms with van der Waals surface area (Å²) in [6.07, 6.45) is 6.66. The van der Waals surface area contributed by atoms with Crippen molar-refractivity contribution >= 4 is 11.7 Å². The van der Waals surface area contributed by atoms with Crippen LogP contribution in [0.4, 0.5) is 4.39 Å². The van der Waals surface area contributed by atoms with Gasteiger partial charge in [-0.05, 0) is 81.9 Å². The minimum absolute atomic E-state index is 0.0348. The van der Waals surface area contributed by atoms with Crippen LogP contribution < -0.4 is 0 Å². The minimum atomic E-state index is -0.267. The number of ketones is 1. The van der Waals surface area contributed by atoms with Crippen LogP contribution in [0.25, 0.3) is 0 Å². The summed E-state index contributed by atoms with van der Waals surface area (Å²) < 4.78 is 14.5. The quantitative estimate of drug-likeness (QED) is 0.674. The molecule has 1 amide bonds. The van der Waals surface area contributed by atoms with Gasteiger partial charge in [-0.25, -0.2) is 4.39 Å². The highest BCUT2D eigenvalue weighted by Crippen LogP contribution is 2.29. The standard InChI is InChI=1S/C26H38FN3O2/c1-18-16-29(11-12-30(18)26(32)20-7-4-5-8-20)17-22-14-23(27)13-21(19(22)2)15-25(31)24-9-6-10-28(24)3/h13-14,18,20,24H,4-12,15-17H2,1-3H3/t18-,24+/m0/s1. The lowest BCUT2D eigenvalue weighted by Crippen LogP contribution is -2.54. The highest BCUT2D eigenvalue weighted by atomic mass is 19.1. The normalized spacial score (nSPS) is 25.6. The Morgan fingerprint density at radius 1 is 1.03 bits per heavy atom. The molecule has 0 spiro atoms. The van der Waals surface area contributed by atoms with Crippen molar-refractivity contribution in [1.82, 2.24) is 14.7 Å². The summed E-state index contributed by atoms with van der Waals surface area (Å²) in [5.41, 5.74) is 2.79. The van der Waals surface area contributed by atoms with Gasteiger partial charge in [0.05, 0.1) is 6.04 Å². The fourth-order valence-corrected chi connectivity index (χ4v) is 5.92. The highest BCUT2D eigenvalue weighted by Gasteiger charge is 2.33. The fourth-order valence-electron chi connectivity index (χ4n) is 5.92. The molecular weight excluding hydrogens is 405 g/mol. The molecule has 0 N–H and O–H groups in total. The number of benzene rings is 1. The van der Waals surface area contributed by atoms with Crippen LogP contribution in [0.15, 0.2) is 12.1 Å². The van der Waals surface area contributed by atoms with Crippen molar-refractivity contribution in [1.29, 1.82) is 0 Å². The first-order valence-electron chi connectivity index (χ1n) is 12.4. The van der Waals surface area contributed by atoms with Gasteiger partial charge < -0.3 is 4.90 Å². The van der Waals surface area contributed by atoms with Crippen molar-refractivity contribution in [3.63, 3.8) is 0 Å². The van der Waals surface area contributed by atoms with E-state index in [1.807, 2.05) is 14.0 Å². The average Bonchev–Trinajstić information content (AvgIpc) is 3.43. The molecule has 4 rings (SSSR count). The highest BCUT2D eigenvalue weighted by molar-refractivity contribution is 5.86. The number of carbonyl (C=O) groups excluding carboxylic acids is 2. The van der Waals surface area contributed by atoms with Crippen molar-refractivity contribution in [2.45, 2.75) is 77.4 Å². The predicted molar refractivity (Wildman–Crippen MR) is 124 cm³/mol. The molecule has 6 heteroatoms. The van der Waals surface area contributed by atoms with E-state index in [4.69, 9.17) is 0 Å². The number of carbonyl (C=O) groups is 2. The maximum absolute atomic E-state index is 14.5. The molecule has 0 radical (unpaired) electrons. The number of piperazine rings is 1. The van der Waals surface area contributed by atoms with E-state index < -0.39 is 0 Å². The van der Waals surface area contributed by atoms with Crippen LogP contribution in [0, 0.1) is 18.7 Å². The summed E-state index contributed by atoms with van der Waals surface area (Å²) in [5, 5.41) is 0. The van der Waals surface area contributed by atoms with E-state index in [1.54, 1.807) is 6.07 Å². The topological polar surface area (TPSA) is 43.9 Å². The molecule has 1 aliphatic carbocycles. The Kier molecular flexibility index (Phi) is 7.30. The summed E-state index contributed by atoms with van der Waals surface area (Å²) >= 11 is 0. The van der Waals surface area contributed by atoms with E-state index >= 15 is 0 Å². The Morgan fingerprint density at radius 2 is 1.75 bits per heavy atom. The van der Waals surface area contributed by atoms with Crippen LogP contribution in [0.1, 0.15) is 62.1 Å². The van der Waals surface area contributed by atoms with Gasteiger partial charge in [-0.15, -0.1) is 0 Å². The van der Waals surface area contributed by atoms with Crippen LogP contribution in [0.5, 0.6) is 0 Å². The zero-order chi connectivity index (χ0) is 22.8. The van der Waals surface area contributed by atoms with Crippen molar-refractivity contribution in [2.75, 3.05) is 33.2 Å². The van der Waals surface area contributed by atoms with Crippen LogP contribution in [-0.4, -0.2) is 71.7 Å². The summed E-state index contributed by atoms with van der Waals surface area (Å²) in [6, 6.07) is 3.29. The SMILES string of the molecule is Cc1c(CC(=O)[C@H]2CCCN2C)cc(F)cc1CN1CCN(C(=O)C2CCCC2)[C@@H](C)C1. The molecule has 2 heterocycles. The Bertz CT molecular complexity index is 852. The summed E-state index contributed by atoms with van der Waals surface area (Å²) in [6.45, 7) is 8.10. The van der Waals surface area contributed by atoms with E-state index in [-0.39, 0.29) is 29.6 Å². The summed E-state index contributed by atoms with van der Waals surface area (Å²) in [7, 11) is 2.00. The first kappa shape index (κ1) is 23.4. The van der Waals surface area contributed by atoms with Gasteiger partial charge in [0.1, 0.15) is 5.82 Å². The lowest BCUT2D eigenvalue weighted by atomic mass is 9.94. The lowest BCUT2D eigenvalue weighted by molar-refractivity contribution is -0.140. The first-order valence-corrected chi connectivity index (χ1v) is 12.4. The van der Waals surface area contributed by atoms with E-state index in [9.17, 15) is 14.0 Å². The lowest BCUT2D eigenvalue weighted by Gasteiger charge is -2.41. The Hall–Kier alpha value is -1.79. The molecular formula is C26H38FN3O2. The third kappa shape index (κ3) is 5.07. The van der Waals surface area contributed by atoms with Crippen molar-refractivity contribution in [3.05, 3.63) is 34.6 Å². The number of hydrogen-bond donors (Lipinski definition) is 0. The van der Waals surface area contributed by atoms with Gasteiger partial charge >= 0.3 is 0 Å². The Morgan fingerprint density at radius 3 is 2.41 bits per heavy atom. The smallest absolute Gasteiger partial charge is 0.226 e. The predicted octanol–water partition coefficient (Wildman–Crippen LogP) is 3.56. The molecule has 3 aliphatic rings. The maximum atomic E-state index is 14.5. The third-order valence-corrected chi connectivity index (χ3v) is 7.94. The van der Waals surface area contributed by atoms with Crippen LogP contribution >= 0.6 is 0 Å². The van der Waals surface area contributed by atoms with E-state index in [1.165, 1.54) is 18.9 Å². The van der Waals surface area contributed by atoms with Gasteiger partial charge in [0, 0.05) is 44.6 Å². The zero-order valence-electron chi connectivity index (χ0n) is 19.9. The number of likely N-dealkylation sites (N-methyl/N-ethyl adjacent to an activating group) is 1. The molecule has 32 heavy (non-hydrogen) atoms. The molecule has 0 unspecified atom stereocenters. The number of nitrogens with zero attached hydrogens (tertiary/aromatic N) is 3. The molecule has 2 atom stereocenters. The van der Waals surface area contributed by atoms with Gasteiger partial charge in [-0.3, -0.25) is 19.4 Å². The second kappa shape index (κ2) is 10.0. The average molecular weight is 444 g/mol. The zero-order valence-corrected chi connectivity index (χ0v) is 19.9. The molecule has 5 nitrogen and oxygen atoms in total. The van der Waals surface area contributed by atoms with E-state index in [2.05, 4.69) is 21.6 Å². The molecule has 0 bridgehead atoms. The number of amides is 1. The number of Topliss-reactive ketones (excluding diaryl/α,β-unsaturated/α-hetero) is 1. The minimum Gasteiger partial charge on any atom is -0.337 e. The Labute approximate surface area is 191 Å². The van der Waals surface area contributed by atoms with Gasteiger partial charge in [0.2, 0.25) is 5.91 Å². The van der Waals surface area contributed by atoms with Gasteiger partial charge in [-0.2, -0.15) is 0 Å². The maximum Gasteiger partial charge on any atom is 0.226 e. The number of hydrogen-bond acceptors (Lipinski definition) is 4. The summed E-state index contributed by atoms with van der Waals surface area (Å²) in [5.74, 6) is 0.469. The van der Waals surface area contributed by atoms with Crippen molar-refractivity contribution in [3.8, 4) is 0 Å². The molecule has 2 saturated heterocycles. The van der Waals surface area contributed by atoms with Crippen LogP contribution in [0.3, 0.4) is 0 Å². The van der Waals surface area contributed by atoms with E-state index in [0.29, 0.717) is 18.9 Å².